The molecule has 0 amide bonds. The number of anilines is 1. The molecule has 16 heavy (non-hydrogen) atoms. The summed E-state index contributed by atoms with van der Waals surface area (Å²) in [7, 11) is 0. The van der Waals surface area contributed by atoms with Gasteiger partial charge >= 0.3 is 0 Å². The molecule has 2 N–H and O–H groups in total. The summed E-state index contributed by atoms with van der Waals surface area (Å²) in [6.45, 7) is 0.432. The van der Waals surface area contributed by atoms with Gasteiger partial charge in [0.15, 0.2) is 5.82 Å². The van der Waals surface area contributed by atoms with Crippen LogP contribution in [0.25, 0.3) is 0 Å². The van der Waals surface area contributed by atoms with E-state index < -0.39 is 0 Å². The minimum atomic E-state index is 0.283. The van der Waals surface area contributed by atoms with Gasteiger partial charge in [-0.05, 0) is 21.5 Å². The van der Waals surface area contributed by atoms with Crippen LogP contribution in [0.3, 0.4) is 0 Å². The van der Waals surface area contributed by atoms with Crippen LogP contribution in [-0.4, -0.2) is 9.97 Å². The number of hydrogen-bond acceptors (Lipinski definition) is 4. The highest BCUT2D eigenvalue weighted by atomic mass is 79.9. The molecule has 0 bridgehead atoms. The van der Waals surface area contributed by atoms with Crippen LogP contribution < -0.4 is 10.5 Å². The fraction of sp³-hybridized carbons (Fsp3) is 0.0909. The Bertz CT molecular complexity index is 476. The summed E-state index contributed by atoms with van der Waals surface area (Å²) in [6, 6.07) is 9.81. The van der Waals surface area contributed by atoms with E-state index in [1.807, 2.05) is 30.3 Å². The Morgan fingerprint density at radius 1 is 1.25 bits per heavy atom. The lowest BCUT2D eigenvalue weighted by molar-refractivity contribution is 0.294. The van der Waals surface area contributed by atoms with Crippen molar-refractivity contribution in [3.8, 4) is 5.88 Å². The summed E-state index contributed by atoms with van der Waals surface area (Å²) in [6.07, 6.45) is 1.55. The molecule has 1 aromatic heterocycles. The van der Waals surface area contributed by atoms with Crippen molar-refractivity contribution in [2.45, 2.75) is 6.61 Å². The van der Waals surface area contributed by atoms with Crippen LogP contribution in [0.15, 0.2) is 41.1 Å². The SMILES string of the molecule is Nc1nc(Br)cnc1OCc1ccccc1. The fourth-order valence-corrected chi connectivity index (χ4v) is 1.50. The Morgan fingerprint density at radius 2 is 2.00 bits per heavy atom. The highest BCUT2D eigenvalue weighted by Crippen LogP contribution is 2.18. The van der Waals surface area contributed by atoms with Crippen molar-refractivity contribution in [2.75, 3.05) is 5.73 Å². The maximum atomic E-state index is 5.66. The Hall–Kier alpha value is -1.62. The highest BCUT2D eigenvalue weighted by molar-refractivity contribution is 9.10. The predicted octanol–water partition coefficient (Wildman–Crippen LogP) is 2.40. The Morgan fingerprint density at radius 3 is 2.69 bits per heavy atom. The lowest BCUT2D eigenvalue weighted by atomic mass is 10.2. The molecule has 0 radical (unpaired) electrons. The van der Waals surface area contributed by atoms with Gasteiger partial charge in [0.1, 0.15) is 11.2 Å². The van der Waals surface area contributed by atoms with Crippen LogP contribution in [0.4, 0.5) is 5.82 Å². The molecule has 0 aliphatic rings. The van der Waals surface area contributed by atoms with Gasteiger partial charge in [-0.25, -0.2) is 9.97 Å². The Labute approximate surface area is 102 Å². The number of nitrogens with two attached hydrogens (primary N) is 1. The average molecular weight is 280 g/mol. The fourth-order valence-electron chi connectivity index (χ4n) is 1.21. The molecule has 2 aromatic rings. The lowest BCUT2D eigenvalue weighted by Crippen LogP contribution is -2.02. The first-order valence-corrected chi connectivity index (χ1v) is 5.50. The second-order valence-corrected chi connectivity index (χ2v) is 3.97. The first-order valence-electron chi connectivity index (χ1n) is 4.70. The second-order valence-electron chi connectivity index (χ2n) is 3.16. The summed E-state index contributed by atoms with van der Waals surface area (Å²) in [5, 5.41) is 0. The number of halogens is 1. The first-order chi connectivity index (χ1) is 7.75. The zero-order valence-electron chi connectivity index (χ0n) is 8.43. The number of ether oxygens (including phenoxy) is 1. The zero-order valence-corrected chi connectivity index (χ0v) is 10.0. The first kappa shape index (κ1) is 10.9. The van der Waals surface area contributed by atoms with Gasteiger partial charge in [0, 0.05) is 0 Å². The van der Waals surface area contributed by atoms with Gasteiger partial charge in [-0.2, -0.15) is 0 Å². The maximum absolute atomic E-state index is 5.66. The van der Waals surface area contributed by atoms with E-state index in [1.165, 1.54) is 0 Å². The van der Waals surface area contributed by atoms with Crippen molar-refractivity contribution >= 4 is 21.7 Å². The molecule has 4 nitrogen and oxygen atoms in total. The van der Waals surface area contributed by atoms with E-state index in [-0.39, 0.29) is 5.82 Å². The molecule has 0 atom stereocenters. The molecule has 1 aromatic carbocycles. The quantitative estimate of drug-likeness (QED) is 0.937. The van der Waals surface area contributed by atoms with Gasteiger partial charge in [-0.1, -0.05) is 30.3 Å². The van der Waals surface area contributed by atoms with Crippen LogP contribution in [0.1, 0.15) is 5.56 Å². The zero-order chi connectivity index (χ0) is 11.4. The topological polar surface area (TPSA) is 61.0 Å². The molecular weight excluding hydrogens is 270 g/mol. The number of hydrogen-bond donors (Lipinski definition) is 1. The van der Waals surface area contributed by atoms with E-state index in [1.54, 1.807) is 6.20 Å². The van der Waals surface area contributed by atoms with Gasteiger partial charge in [-0.15, -0.1) is 0 Å². The van der Waals surface area contributed by atoms with Crippen molar-refractivity contribution in [3.05, 3.63) is 46.7 Å². The van der Waals surface area contributed by atoms with E-state index in [9.17, 15) is 0 Å². The smallest absolute Gasteiger partial charge is 0.257 e. The molecule has 0 unspecified atom stereocenters. The van der Waals surface area contributed by atoms with Gasteiger partial charge in [0.05, 0.1) is 6.20 Å². The minimum absolute atomic E-state index is 0.283. The van der Waals surface area contributed by atoms with Gasteiger partial charge in [0.2, 0.25) is 0 Å². The van der Waals surface area contributed by atoms with E-state index in [0.717, 1.165) is 5.56 Å². The molecule has 0 aliphatic carbocycles. The molecule has 0 saturated carbocycles. The molecule has 0 saturated heterocycles. The Balaban J connectivity index is 2.05. The summed E-state index contributed by atoms with van der Waals surface area (Å²) in [4.78, 5) is 8.03. The summed E-state index contributed by atoms with van der Waals surface area (Å²) >= 11 is 3.18. The monoisotopic (exact) mass is 279 g/mol. The third-order valence-electron chi connectivity index (χ3n) is 1.95. The van der Waals surface area contributed by atoms with Crippen molar-refractivity contribution in [1.29, 1.82) is 0 Å². The van der Waals surface area contributed by atoms with Gasteiger partial charge in [0.25, 0.3) is 5.88 Å². The molecule has 2 rings (SSSR count). The standard InChI is InChI=1S/C11H10BrN3O/c12-9-6-14-11(10(13)15-9)16-7-8-4-2-1-3-5-8/h1-6H,7H2,(H2,13,15). The minimum Gasteiger partial charge on any atom is -0.470 e. The van der Waals surface area contributed by atoms with Gasteiger partial charge in [-0.3, -0.25) is 0 Å². The van der Waals surface area contributed by atoms with Crippen LogP contribution in [0.2, 0.25) is 0 Å². The second kappa shape index (κ2) is 4.94. The molecule has 82 valence electrons. The predicted molar refractivity (Wildman–Crippen MR) is 64.9 cm³/mol. The number of nitrogens with zero attached hydrogens (tertiary/aromatic N) is 2. The normalized spacial score (nSPS) is 10.1. The van der Waals surface area contributed by atoms with Crippen molar-refractivity contribution in [2.24, 2.45) is 0 Å². The number of benzene rings is 1. The lowest BCUT2D eigenvalue weighted by Gasteiger charge is -2.06. The number of nitrogen functional groups attached to an aromatic ring is 1. The van der Waals surface area contributed by atoms with Crippen LogP contribution >= 0.6 is 15.9 Å². The van der Waals surface area contributed by atoms with Crippen LogP contribution in [0.5, 0.6) is 5.88 Å². The van der Waals surface area contributed by atoms with E-state index in [4.69, 9.17) is 10.5 Å². The maximum Gasteiger partial charge on any atom is 0.257 e. The number of aromatic nitrogens is 2. The summed E-state index contributed by atoms with van der Waals surface area (Å²) < 4.78 is 6.05. The van der Waals surface area contributed by atoms with E-state index >= 15 is 0 Å². The van der Waals surface area contributed by atoms with E-state index in [0.29, 0.717) is 17.1 Å². The van der Waals surface area contributed by atoms with Crippen LogP contribution in [-0.2, 0) is 6.61 Å². The Kier molecular flexibility index (Phi) is 3.36. The molecule has 0 spiro atoms. The molecule has 0 aliphatic heterocycles. The van der Waals surface area contributed by atoms with Crippen molar-refractivity contribution < 1.29 is 4.74 Å². The molecule has 0 fully saturated rings. The summed E-state index contributed by atoms with van der Waals surface area (Å²) in [5.41, 5.74) is 6.72. The third kappa shape index (κ3) is 2.70. The molecule has 1 heterocycles. The molecular formula is C11H10BrN3O. The van der Waals surface area contributed by atoms with Crippen molar-refractivity contribution in [3.63, 3.8) is 0 Å². The highest BCUT2D eigenvalue weighted by Gasteiger charge is 2.04. The summed E-state index contributed by atoms with van der Waals surface area (Å²) in [5.74, 6) is 0.636. The largest absolute Gasteiger partial charge is 0.470 e. The van der Waals surface area contributed by atoms with Gasteiger partial charge < -0.3 is 10.5 Å². The van der Waals surface area contributed by atoms with Crippen molar-refractivity contribution in [1.82, 2.24) is 9.97 Å². The van der Waals surface area contributed by atoms with E-state index in [2.05, 4.69) is 25.9 Å². The van der Waals surface area contributed by atoms with Crippen LogP contribution in [0, 0.1) is 0 Å². The number of rotatable bonds is 3. The molecule has 5 heteroatoms. The average Bonchev–Trinajstić information content (AvgIpc) is 2.29. The third-order valence-corrected chi connectivity index (χ3v) is 2.34.